The van der Waals surface area contributed by atoms with E-state index in [0.717, 1.165) is 18.4 Å². The fraction of sp³-hybridized carbons (Fsp3) is 0.889. The molecule has 1 rings (SSSR count). The standard InChI is InChI=1S/C18H35B/c1-15(2)18(6,7)19(14-13-17(3,4)5)16-11-9-8-10-12-16/h13-16H,8-12H2,1-7H3/b14-13-. The minimum Gasteiger partial charge on any atom is -0.118 e. The first-order valence-electron chi connectivity index (χ1n) is 8.34. The van der Waals surface area contributed by atoms with Crippen LogP contribution in [0, 0.1) is 11.3 Å². The largest absolute Gasteiger partial charge is 0.175 e. The van der Waals surface area contributed by atoms with E-state index in [9.17, 15) is 0 Å². The predicted molar refractivity (Wildman–Crippen MR) is 90.1 cm³/mol. The first-order chi connectivity index (χ1) is 8.64. The van der Waals surface area contributed by atoms with Crippen molar-refractivity contribution >= 4 is 6.71 Å². The van der Waals surface area contributed by atoms with Crippen molar-refractivity contribution in [2.75, 3.05) is 0 Å². The molecule has 0 N–H and O–H groups in total. The van der Waals surface area contributed by atoms with Gasteiger partial charge in [0.1, 0.15) is 0 Å². The third-order valence-electron chi connectivity index (χ3n) is 5.31. The summed E-state index contributed by atoms with van der Waals surface area (Å²) in [6.07, 6.45) is 9.67. The zero-order chi connectivity index (χ0) is 14.7. The summed E-state index contributed by atoms with van der Waals surface area (Å²) in [7, 11) is 0. The van der Waals surface area contributed by atoms with Crippen molar-refractivity contribution in [3.8, 4) is 0 Å². The quantitative estimate of drug-likeness (QED) is 0.515. The van der Waals surface area contributed by atoms with Gasteiger partial charge >= 0.3 is 0 Å². The molecule has 0 unspecified atom stereocenters. The van der Waals surface area contributed by atoms with E-state index in [0.29, 0.717) is 10.7 Å². The molecule has 1 heteroatoms. The summed E-state index contributed by atoms with van der Waals surface area (Å²) in [6, 6.07) is 0. The molecule has 0 atom stereocenters. The normalized spacial score (nSPS) is 19.4. The van der Waals surface area contributed by atoms with Gasteiger partial charge in [0.05, 0.1) is 0 Å². The number of hydrogen-bond acceptors (Lipinski definition) is 0. The summed E-state index contributed by atoms with van der Waals surface area (Å²) < 4.78 is 0. The van der Waals surface area contributed by atoms with Crippen LogP contribution >= 0.6 is 0 Å². The predicted octanol–water partition coefficient (Wildman–Crippen LogP) is 6.39. The highest BCUT2D eigenvalue weighted by Gasteiger charge is 2.39. The average Bonchev–Trinajstić information content (AvgIpc) is 2.28. The molecule has 0 heterocycles. The second-order valence-corrected chi connectivity index (χ2v) is 8.63. The van der Waals surface area contributed by atoms with Crippen LogP contribution in [0.25, 0.3) is 0 Å². The van der Waals surface area contributed by atoms with Crippen LogP contribution in [0.15, 0.2) is 12.1 Å². The molecular formula is C18H35B. The van der Waals surface area contributed by atoms with Gasteiger partial charge in [0.2, 0.25) is 0 Å². The molecule has 0 aliphatic heterocycles. The van der Waals surface area contributed by atoms with Gasteiger partial charge in [0.15, 0.2) is 6.71 Å². The summed E-state index contributed by atoms with van der Waals surface area (Å²) in [6.45, 7) is 17.4. The van der Waals surface area contributed by atoms with Crippen molar-refractivity contribution in [2.24, 2.45) is 11.3 Å². The van der Waals surface area contributed by atoms with E-state index in [1.165, 1.54) is 32.1 Å². The Morgan fingerprint density at radius 1 is 0.947 bits per heavy atom. The second-order valence-electron chi connectivity index (χ2n) is 8.63. The van der Waals surface area contributed by atoms with Crippen molar-refractivity contribution in [3.63, 3.8) is 0 Å². The molecule has 1 saturated carbocycles. The number of rotatable bonds is 4. The SMILES string of the molecule is CC(C)C(C)(C)B(/C=C\C(C)(C)C)C1CCCCC1. The Hall–Kier alpha value is -0.195. The van der Waals surface area contributed by atoms with E-state index in [1.54, 1.807) is 0 Å². The maximum Gasteiger partial charge on any atom is 0.175 e. The molecule has 1 aliphatic rings. The van der Waals surface area contributed by atoms with E-state index in [-0.39, 0.29) is 0 Å². The van der Waals surface area contributed by atoms with E-state index < -0.39 is 0 Å². The van der Waals surface area contributed by atoms with Crippen molar-refractivity contribution in [1.82, 2.24) is 0 Å². The molecular weight excluding hydrogens is 227 g/mol. The van der Waals surface area contributed by atoms with Crippen LogP contribution in [-0.4, -0.2) is 6.71 Å². The summed E-state index contributed by atoms with van der Waals surface area (Å²) in [5, 5.41) is 0.407. The van der Waals surface area contributed by atoms with Crippen molar-refractivity contribution in [1.29, 1.82) is 0 Å². The Kier molecular flexibility index (Phi) is 5.77. The van der Waals surface area contributed by atoms with Crippen molar-refractivity contribution in [3.05, 3.63) is 12.1 Å². The summed E-state index contributed by atoms with van der Waals surface area (Å²) in [5.74, 6) is 4.21. The molecule has 0 radical (unpaired) electrons. The van der Waals surface area contributed by atoms with Gasteiger partial charge in [-0.3, -0.25) is 0 Å². The van der Waals surface area contributed by atoms with Gasteiger partial charge in [-0.05, 0) is 16.6 Å². The smallest absolute Gasteiger partial charge is 0.118 e. The molecule has 0 amide bonds. The first kappa shape index (κ1) is 16.9. The van der Waals surface area contributed by atoms with Crippen molar-refractivity contribution in [2.45, 2.75) is 91.7 Å². The summed E-state index contributed by atoms with van der Waals surface area (Å²) in [4.78, 5) is 0. The molecule has 0 aromatic carbocycles. The summed E-state index contributed by atoms with van der Waals surface area (Å²) >= 11 is 0. The van der Waals surface area contributed by atoms with Crippen LogP contribution in [0.5, 0.6) is 0 Å². The van der Waals surface area contributed by atoms with Gasteiger partial charge in [0.25, 0.3) is 0 Å². The third-order valence-corrected chi connectivity index (χ3v) is 5.31. The Morgan fingerprint density at radius 3 is 1.89 bits per heavy atom. The van der Waals surface area contributed by atoms with Crippen LogP contribution in [0.2, 0.25) is 11.1 Å². The molecule has 0 saturated heterocycles. The third kappa shape index (κ3) is 5.01. The van der Waals surface area contributed by atoms with E-state index in [2.05, 4.69) is 60.5 Å². The van der Waals surface area contributed by atoms with E-state index in [4.69, 9.17) is 0 Å². The maximum absolute atomic E-state index is 2.57. The minimum absolute atomic E-state index is 0.306. The van der Waals surface area contributed by atoms with Gasteiger partial charge in [-0.15, -0.1) is 5.98 Å². The lowest BCUT2D eigenvalue weighted by molar-refractivity contribution is 0.435. The van der Waals surface area contributed by atoms with Gasteiger partial charge in [-0.25, -0.2) is 0 Å². The summed E-state index contributed by atoms with van der Waals surface area (Å²) in [5.41, 5.74) is 0.306. The molecule has 19 heavy (non-hydrogen) atoms. The van der Waals surface area contributed by atoms with Crippen LogP contribution in [0.4, 0.5) is 0 Å². The molecule has 0 aromatic rings. The minimum atomic E-state index is 0.306. The first-order valence-corrected chi connectivity index (χ1v) is 8.34. The molecule has 0 bridgehead atoms. The second kappa shape index (κ2) is 6.50. The Morgan fingerprint density at radius 2 is 1.47 bits per heavy atom. The maximum atomic E-state index is 2.57. The highest BCUT2D eigenvalue weighted by Crippen LogP contribution is 2.47. The fourth-order valence-electron chi connectivity index (χ4n) is 3.28. The molecule has 0 aromatic heterocycles. The lowest BCUT2D eigenvalue weighted by Gasteiger charge is -2.40. The van der Waals surface area contributed by atoms with Crippen LogP contribution in [0.3, 0.4) is 0 Å². The molecule has 0 spiro atoms. The lowest BCUT2D eigenvalue weighted by Crippen LogP contribution is -2.36. The van der Waals surface area contributed by atoms with Crippen LogP contribution < -0.4 is 0 Å². The molecule has 110 valence electrons. The molecule has 1 fully saturated rings. The lowest BCUT2D eigenvalue weighted by atomic mass is 9.25. The Labute approximate surface area is 122 Å². The fourth-order valence-corrected chi connectivity index (χ4v) is 3.28. The van der Waals surface area contributed by atoms with Crippen LogP contribution in [-0.2, 0) is 0 Å². The highest BCUT2D eigenvalue weighted by atomic mass is 14.3. The zero-order valence-electron chi connectivity index (χ0n) is 14.4. The molecule has 1 aliphatic carbocycles. The highest BCUT2D eigenvalue weighted by molar-refractivity contribution is 6.69. The Bertz CT molecular complexity index is 287. The number of allylic oxidation sites excluding steroid dienone is 1. The van der Waals surface area contributed by atoms with Gasteiger partial charge in [-0.1, -0.05) is 92.5 Å². The number of hydrogen-bond donors (Lipinski definition) is 0. The van der Waals surface area contributed by atoms with E-state index in [1.807, 2.05) is 0 Å². The van der Waals surface area contributed by atoms with Gasteiger partial charge < -0.3 is 0 Å². The average molecular weight is 262 g/mol. The van der Waals surface area contributed by atoms with E-state index >= 15 is 0 Å². The Balaban J connectivity index is 2.93. The molecule has 0 nitrogen and oxygen atoms in total. The van der Waals surface area contributed by atoms with Gasteiger partial charge in [-0.2, -0.15) is 0 Å². The topological polar surface area (TPSA) is 0 Å². The monoisotopic (exact) mass is 262 g/mol. The van der Waals surface area contributed by atoms with Crippen molar-refractivity contribution < 1.29 is 0 Å². The van der Waals surface area contributed by atoms with Crippen LogP contribution in [0.1, 0.15) is 80.6 Å². The van der Waals surface area contributed by atoms with Gasteiger partial charge in [0, 0.05) is 0 Å². The zero-order valence-corrected chi connectivity index (χ0v) is 14.4.